The molecule has 0 radical (unpaired) electrons. The molecule has 1 unspecified atom stereocenters. The first-order valence-corrected chi connectivity index (χ1v) is 9.31. The summed E-state index contributed by atoms with van der Waals surface area (Å²) >= 11 is 0. The Morgan fingerprint density at radius 1 is 1.26 bits per heavy atom. The molecule has 0 spiro atoms. The van der Waals surface area contributed by atoms with Crippen LogP contribution in [0.3, 0.4) is 0 Å². The fraction of sp³-hybridized carbons (Fsp3) is 0.500. The fourth-order valence-electron chi connectivity index (χ4n) is 3.10. The van der Waals surface area contributed by atoms with Crippen LogP contribution in [0.25, 0.3) is 11.3 Å². The van der Waals surface area contributed by atoms with Gasteiger partial charge in [-0.25, -0.2) is 0 Å². The van der Waals surface area contributed by atoms with Gasteiger partial charge in [0.15, 0.2) is 0 Å². The van der Waals surface area contributed by atoms with Gasteiger partial charge >= 0.3 is 0 Å². The number of halogens is 1. The van der Waals surface area contributed by atoms with Crippen LogP contribution in [0.2, 0.25) is 0 Å². The van der Waals surface area contributed by atoms with E-state index >= 15 is 0 Å². The molecule has 7 heteroatoms. The van der Waals surface area contributed by atoms with Crippen LogP contribution >= 0.6 is 12.4 Å². The van der Waals surface area contributed by atoms with Gasteiger partial charge in [-0.05, 0) is 12.8 Å². The molecule has 0 bridgehead atoms. The quantitative estimate of drug-likeness (QED) is 0.698. The lowest BCUT2D eigenvalue weighted by atomic mass is 10.1. The van der Waals surface area contributed by atoms with Gasteiger partial charge < -0.3 is 19.5 Å². The Hall–Kier alpha value is -1.89. The predicted octanol–water partition coefficient (Wildman–Crippen LogP) is 2.92. The van der Waals surface area contributed by atoms with Gasteiger partial charge in [-0.3, -0.25) is 4.79 Å². The Morgan fingerprint density at radius 2 is 2.07 bits per heavy atom. The number of ether oxygens (including phenoxy) is 1. The molecule has 1 aromatic carbocycles. The van der Waals surface area contributed by atoms with E-state index in [0.717, 1.165) is 55.8 Å². The van der Waals surface area contributed by atoms with E-state index < -0.39 is 0 Å². The first-order chi connectivity index (χ1) is 12.7. The molecule has 1 fully saturated rings. The zero-order valence-corrected chi connectivity index (χ0v) is 16.5. The lowest BCUT2D eigenvalue weighted by Gasteiger charge is -2.27. The van der Waals surface area contributed by atoms with Gasteiger partial charge in [0.05, 0.1) is 13.2 Å². The number of rotatable bonds is 8. The average Bonchev–Trinajstić information content (AvgIpc) is 3.17. The minimum atomic E-state index is -0.195. The van der Waals surface area contributed by atoms with Crippen molar-refractivity contribution in [2.75, 3.05) is 33.4 Å². The van der Waals surface area contributed by atoms with E-state index in [1.54, 1.807) is 4.90 Å². The molecule has 1 aromatic heterocycles. The molecular formula is C20H28ClN3O3. The van der Waals surface area contributed by atoms with E-state index in [0.29, 0.717) is 13.2 Å². The van der Waals surface area contributed by atoms with E-state index in [9.17, 15) is 4.79 Å². The summed E-state index contributed by atoms with van der Waals surface area (Å²) in [7, 11) is 1.86. The molecule has 1 amide bonds. The third kappa shape index (κ3) is 6.34. The van der Waals surface area contributed by atoms with Crippen LogP contribution in [-0.4, -0.2) is 55.4 Å². The number of morpholine rings is 1. The molecule has 0 aliphatic carbocycles. The molecule has 148 valence electrons. The van der Waals surface area contributed by atoms with Crippen LogP contribution in [0.15, 0.2) is 40.9 Å². The van der Waals surface area contributed by atoms with Gasteiger partial charge in [-0.15, -0.1) is 12.4 Å². The van der Waals surface area contributed by atoms with Crippen LogP contribution in [-0.2, 0) is 16.0 Å². The maximum atomic E-state index is 12.3. The third-order valence-electron chi connectivity index (χ3n) is 4.64. The summed E-state index contributed by atoms with van der Waals surface area (Å²) in [5.74, 6) is 1.03. The van der Waals surface area contributed by atoms with Crippen molar-refractivity contribution >= 4 is 18.3 Å². The van der Waals surface area contributed by atoms with E-state index in [4.69, 9.17) is 9.26 Å². The molecule has 1 N–H and O–H groups in total. The number of likely N-dealkylation sites (N-methyl/N-ethyl adjacent to an activating group) is 1. The normalized spacial score (nSPS) is 16.6. The monoisotopic (exact) mass is 393 g/mol. The predicted molar refractivity (Wildman–Crippen MR) is 107 cm³/mol. The van der Waals surface area contributed by atoms with E-state index in [-0.39, 0.29) is 24.4 Å². The number of hydrogen-bond acceptors (Lipinski definition) is 5. The summed E-state index contributed by atoms with van der Waals surface area (Å²) in [6, 6.07) is 11.9. The lowest BCUT2D eigenvalue weighted by Crippen LogP contribution is -2.51. The number of aromatic nitrogens is 1. The molecule has 2 heterocycles. The van der Waals surface area contributed by atoms with Crippen molar-refractivity contribution in [1.82, 2.24) is 15.4 Å². The van der Waals surface area contributed by atoms with E-state index in [1.165, 1.54) is 0 Å². The Bertz CT molecular complexity index is 687. The summed E-state index contributed by atoms with van der Waals surface area (Å²) in [5, 5.41) is 7.34. The molecular weight excluding hydrogens is 366 g/mol. The summed E-state index contributed by atoms with van der Waals surface area (Å²) in [5.41, 5.74) is 1.95. The smallest absolute Gasteiger partial charge is 0.241 e. The SMILES string of the molecule is CN(CCCCCc1cc(-c2ccccc2)no1)C(=O)C1COCCN1.Cl. The number of amides is 1. The van der Waals surface area contributed by atoms with Crippen molar-refractivity contribution in [2.24, 2.45) is 0 Å². The van der Waals surface area contributed by atoms with Gasteiger partial charge in [0.25, 0.3) is 0 Å². The van der Waals surface area contributed by atoms with Gasteiger partial charge in [-0.2, -0.15) is 0 Å². The number of carbonyl (C=O) groups is 1. The van der Waals surface area contributed by atoms with Crippen LogP contribution in [0.5, 0.6) is 0 Å². The van der Waals surface area contributed by atoms with Crippen molar-refractivity contribution in [3.63, 3.8) is 0 Å². The number of benzene rings is 1. The lowest BCUT2D eigenvalue weighted by molar-refractivity contribution is -0.135. The van der Waals surface area contributed by atoms with Crippen LogP contribution in [0.4, 0.5) is 0 Å². The number of nitrogens with zero attached hydrogens (tertiary/aromatic N) is 2. The van der Waals surface area contributed by atoms with Crippen LogP contribution in [0.1, 0.15) is 25.0 Å². The van der Waals surface area contributed by atoms with Crippen LogP contribution < -0.4 is 5.32 Å². The number of hydrogen-bond donors (Lipinski definition) is 1. The van der Waals surface area contributed by atoms with Crippen LogP contribution in [0, 0.1) is 0 Å². The van der Waals surface area contributed by atoms with Crippen molar-refractivity contribution < 1.29 is 14.1 Å². The summed E-state index contributed by atoms with van der Waals surface area (Å²) in [6.45, 7) is 2.66. The number of aryl methyl sites for hydroxylation is 1. The molecule has 2 aromatic rings. The maximum absolute atomic E-state index is 12.3. The standard InChI is InChI=1S/C20H27N3O3.ClH/c1-23(20(24)19-15-25-13-11-21-19)12-7-3-6-10-17-14-18(22-26-17)16-8-4-2-5-9-16;/h2,4-5,8-9,14,19,21H,3,6-7,10-13,15H2,1H3;1H. The number of carbonyl (C=O) groups excluding carboxylic acids is 1. The van der Waals surface area contributed by atoms with Gasteiger partial charge in [-0.1, -0.05) is 41.9 Å². The Kier molecular flexibility index (Phi) is 8.78. The molecule has 1 aliphatic heterocycles. The van der Waals surface area contributed by atoms with Crippen molar-refractivity contribution in [3.8, 4) is 11.3 Å². The van der Waals surface area contributed by atoms with E-state index in [1.807, 2.05) is 43.4 Å². The minimum absolute atomic E-state index is 0. The zero-order chi connectivity index (χ0) is 18.2. The summed E-state index contributed by atoms with van der Waals surface area (Å²) in [6.07, 6.45) is 3.93. The molecule has 1 atom stereocenters. The molecule has 27 heavy (non-hydrogen) atoms. The van der Waals surface area contributed by atoms with Crippen molar-refractivity contribution in [2.45, 2.75) is 31.7 Å². The first-order valence-electron chi connectivity index (χ1n) is 9.31. The second kappa shape index (κ2) is 11.1. The topological polar surface area (TPSA) is 67.6 Å². The third-order valence-corrected chi connectivity index (χ3v) is 4.64. The van der Waals surface area contributed by atoms with E-state index in [2.05, 4.69) is 10.5 Å². The summed E-state index contributed by atoms with van der Waals surface area (Å²) < 4.78 is 10.8. The Balaban J connectivity index is 0.00000261. The van der Waals surface area contributed by atoms with Gasteiger partial charge in [0.2, 0.25) is 5.91 Å². The largest absolute Gasteiger partial charge is 0.378 e. The highest BCUT2D eigenvalue weighted by Gasteiger charge is 2.23. The summed E-state index contributed by atoms with van der Waals surface area (Å²) in [4.78, 5) is 14.1. The fourth-order valence-corrected chi connectivity index (χ4v) is 3.10. The van der Waals surface area contributed by atoms with Gasteiger partial charge in [0, 0.05) is 38.2 Å². The molecule has 1 aliphatic rings. The molecule has 0 saturated carbocycles. The molecule has 1 saturated heterocycles. The average molecular weight is 394 g/mol. The first kappa shape index (κ1) is 21.4. The van der Waals surface area contributed by atoms with Crippen molar-refractivity contribution in [1.29, 1.82) is 0 Å². The maximum Gasteiger partial charge on any atom is 0.241 e. The Morgan fingerprint density at radius 3 is 2.81 bits per heavy atom. The number of unbranched alkanes of at least 4 members (excludes halogenated alkanes) is 2. The zero-order valence-electron chi connectivity index (χ0n) is 15.7. The second-order valence-electron chi connectivity index (χ2n) is 6.70. The highest BCUT2D eigenvalue weighted by molar-refractivity contribution is 5.85. The highest BCUT2D eigenvalue weighted by Crippen LogP contribution is 2.19. The molecule has 6 nitrogen and oxygen atoms in total. The van der Waals surface area contributed by atoms with Crippen molar-refractivity contribution in [3.05, 3.63) is 42.2 Å². The number of nitrogens with one attached hydrogen (secondary N) is 1. The molecule has 3 rings (SSSR count). The minimum Gasteiger partial charge on any atom is -0.378 e. The highest BCUT2D eigenvalue weighted by atomic mass is 35.5. The second-order valence-corrected chi connectivity index (χ2v) is 6.70. The Labute approximate surface area is 166 Å². The van der Waals surface area contributed by atoms with Gasteiger partial charge in [0.1, 0.15) is 17.5 Å².